The van der Waals surface area contributed by atoms with Gasteiger partial charge in [-0.3, -0.25) is 4.79 Å². The molecule has 3 aliphatic heterocycles. The molecule has 1 amide bonds. The van der Waals surface area contributed by atoms with E-state index in [-0.39, 0.29) is 17.8 Å². The van der Waals surface area contributed by atoms with E-state index in [0.29, 0.717) is 34.0 Å². The molecule has 3 saturated heterocycles. The molecule has 0 saturated carbocycles. The van der Waals surface area contributed by atoms with Crippen LogP contribution in [0.5, 0.6) is 0 Å². The first-order valence-corrected chi connectivity index (χ1v) is 9.36. The van der Waals surface area contributed by atoms with Crippen LogP contribution >= 0.6 is 0 Å². The van der Waals surface area contributed by atoms with Gasteiger partial charge in [0.25, 0.3) is 5.91 Å². The van der Waals surface area contributed by atoms with Crippen LogP contribution in [0.25, 0.3) is 22.6 Å². The van der Waals surface area contributed by atoms with Crippen LogP contribution < -0.4 is 5.32 Å². The number of halogens is 1. The monoisotopic (exact) mass is 365 g/mol. The Balaban J connectivity index is 1.44. The van der Waals surface area contributed by atoms with Gasteiger partial charge in [0.05, 0.1) is 5.56 Å². The van der Waals surface area contributed by atoms with Gasteiger partial charge < -0.3 is 14.6 Å². The zero-order chi connectivity index (χ0) is 18.4. The number of nitrogens with one attached hydrogen (secondary N) is 1. The van der Waals surface area contributed by atoms with Crippen LogP contribution in [0.4, 0.5) is 4.39 Å². The number of fused-ring (bicyclic) bond motifs is 4. The summed E-state index contributed by atoms with van der Waals surface area (Å²) in [6.45, 7) is 3.19. The number of oxazole rings is 1. The van der Waals surface area contributed by atoms with Gasteiger partial charge in [-0.2, -0.15) is 0 Å². The van der Waals surface area contributed by atoms with Crippen molar-refractivity contribution in [1.82, 2.24) is 15.2 Å². The van der Waals surface area contributed by atoms with Gasteiger partial charge in [0.2, 0.25) is 5.89 Å². The lowest BCUT2D eigenvalue weighted by atomic mass is 9.84. The number of carbonyl (C=O) groups excluding carboxylic acids is 1. The molecule has 5 nitrogen and oxygen atoms in total. The van der Waals surface area contributed by atoms with E-state index in [1.165, 1.54) is 12.1 Å². The Morgan fingerprint density at radius 2 is 1.93 bits per heavy atom. The van der Waals surface area contributed by atoms with E-state index in [1.54, 1.807) is 18.2 Å². The predicted octanol–water partition coefficient (Wildman–Crippen LogP) is 3.46. The number of carbonyl (C=O) groups is 1. The van der Waals surface area contributed by atoms with Crippen LogP contribution in [-0.4, -0.2) is 41.5 Å². The summed E-state index contributed by atoms with van der Waals surface area (Å²) in [5.74, 6) is 0.504. The second kappa shape index (κ2) is 6.46. The molecule has 1 aromatic heterocycles. The Hall–Kier alpha value is -2.73. The number of aromatic nitrogens is 1. The van der Waals surface area contributed by atoms with Gasteiger partial charge in [-0.1, -0.05) is 6.07 Å². The Kier molecular flexibility index (Phi) is 3.93. The summed E-state index contributed by atoms with van der Waals surface area (Å²) in [5.41, 5.74) is 2.26. The van der Waals surface area contributed by atoms with Crippen LogP contribution in [0.3, 0.4) is 0 Å². The number of nitrogens with zero attached hydrogens (tertiary/aromatic N) is 2. The zero-order valence-electron chi connectivity index (χ0n) is 14.8. The highest BCUT2D eigenvalue weighted by molar-refractivity contribution is 6.04. The first kappa shape index (κ1) is 16.4. The highest BCUT2D eigenvalue weighted by Gasteiger charge is 2.35. The summed E-state index contributed by atoms with van der Waals surface area (Å²) >= 11 is 0. The molecule has 0 aliphatic carbocycles. The number of amides is 1. The minimum atomic E-state index is -0.313. The molecule has 138 valence electrons. The van der Waals surface area contributed by atoms with Crippen molar-refractivity contribution in [3.05, 3.63) is 53.8 Å². The average molecular weight is 365 g/mol. The van der Waals surface area contributed by atoms with E-state index in [2.05, 4.69) is 15.2 Å². The Labute approximate surface area is 156 Å². The van der Waals surface area contributed by atoms with Crippen molar-refractivity contribution in [3.63, 3.8) is 0 Å². The molecular formula is C21H20FN3O2. The fraction of sp³-hybridized carbons (Fsp3) is 0.333. The summed E-state index contributed by atoms with van der Waals surface area (Å²) in [6, 6.07) is 11.5. The third-order valence-electron chi connectivity index (χ3n) is 5.72. The number of benzene rings is 2. The van der Waals surface area contributed by atoms with Crippen molar-refractivity contribution in [1.29, 1.82) is 0 Å². The third kappa shape index (κ3) is 3.00. The number of hydrogen-bond acceptors (Lipinski definition) is 4. The molecule has 3 aliphatic rings. The SMILES string of the molecule is O=C(N[C@@H]1CN2CCC1CC2)c1cccc2nc(-c3ccc(F)cc3)oc12. The van der Waals surface area contributed by atoms with E-state index < -0.39 is 0 Å². The molecule has 1 N–H and O–H groups in total. The molecule has 1 atom stereocenters. The maximum absolute atomic E-state index is 13.2. The third-order valence-corrected chi connectivity index (χ3v) is 5.72. The summed E-state index contributed by atoms with van der Waals surface area (Å²) in [7, 11) is 0. The normalized spacial score (nSPS) is 24.3. The summed E-state index contributed by atoms with van der Waals surface area (Å²) in [6.07, 6.45) is 2.29. The Bertz CT molecular complexity index is 990. The smallest absolute Gasteiger partial charge is 0.255 e. The summed E-state index contributed by atoms with van der Waals surface area (Å²) in [4.78, 5) is 19.8. The van der Waals surface area contributed by atoms with Gasteiger partial charge in [-0.05, 0) is 68.2 Å². The molecule has 0 spiro atoms. The summed E-state index contributed by atoms with van der Waals surface area (Å²) < 4.78 is 19.0. The lowest BCUT2D eigenvalue weighted by molar-refractivity contribution is 0.0621. The van der Waals surface area contributed by atoms with Crippen molar-refractivity contribution in [3.8, 4) is 11.5 Å². The van der Waals surface area contributed by atoms with E-state index in [4.69, 9.17) is 4.42 Å². The average Bonchev–Trinajstić information content (AvgIpc) is 3.13. The molecule has 27 heavy (non-hydrogen) atoms. The van der Waals surface area contributed by atoms with Crippen LogP contribution in [-0.2, 0) is 0 Å². The van der Waals surface area contributed by atoms with Crippen molar-refractivity contribution >= 4 is 17.0 Å². The van der Waals surface area contributed by atoms with E-state index in [0.717, 1.165) is 32.5 Å². The molecule has 2 aromatic carbocycles. The van der Waals surface area contributed by atoms with Crippen LogP contribution in [0.15, 0.2) is 46.9 Å². The highest BCUT2D eigenvalue weighted by atomic mass is 19.1. The molecule has 2 bridgehead atoms. The van der Waals surface area contributed by atoms with Gasteiger partial charge in [-0.25, -0.2) is 9.37 Å². The minimum absolute atomic E-state index is 0.124. The fourth-order valence-corrected chi connectivity index (χ4v) is 4.22. The Morgan fingerprint density at radius 1 is 1.15 bits per heavy atom. The lowest BCUT2D eigenvalue weighted by Gasteiger charge is -2.44. The first-order valence-electron chi connectivity index (χ1n) is 9.36. The molecule has 4 heterocycles. The maximum atomic E-state index is 13.2. The standard InChI is InChI=1S/C21H20FN3O2/c22-15-6-4-14(5-7-15)21-24-17-3-1-2-16(19(17)27-21)20(26)23-18-12-25-10-8-13(18)9-11-25/h1-7,13,18H,8-12H2,(H,23,26)/t18-/m1/s1. The van der Waals surface area contributed by atoms with Crippen molar-refractivity contribution in [2.24, 2.45) is 5.92 Å². The van der Waals surface area contributed by atoms with Crippen molar-refractivity contribution in [2.75, 3.05) is 19.6 Å². The van der Waals surface area contributed by atoms with Gasteiger partial charge in [-0.15, -0.1) is 0 Å². The van der Waals surface area contributed by atoms with Crippen molar-refractivity contribution in [2.45, 2.75) is 18.9 Å². The quantitative estimate of drug-likeness (QED) is 0.772. The van der Waals surface area contributed by atoms with Gasteiger partial charge >= 0.3 is 0 Å². The molecule has 3 fully saturated rings. The number of hydrogen-bond donors (Lipinski definition) is 1. The number of rotatable bonds is 3. The first-order chi connectivity index (χ1) is 13.2. The molecular weight excluding hydrogens is 345 g/mol. The van der Waals surface area contributed by atoms with Gasteiger partial charge in [0.15, 0.2) is 5.58 Å². The van der Waals surface area contributed by atoms with Crippen LogP contribution in [0.2, 0.25) is 0 Å². The van der Waals surface area contributed by atoms with Gasteiger partial charge in [0, 0.05) is 18.2 Å². The largest absolute Gasteiger partial charge is 0.435 e. The van der Waals surface area contributed by atoms with Crippen LogP contribution in [0, 0.1) is 11.7 Å². The predicted molar refractivity (Wildman–Crippen MR) is 99.8 cm³/mol. The van der Waals surface area contributed by atoms with Crippen molar-refractivity contribution < 1.29 is 13.6 Å². The Morgan fingerprint density at radius 3 is 2.63 bits per heavy atom. The van der Waals surface area contributed by atoms with Gasteiger partial charge in [0.1, 0.15) is 11.3 Å². The second-order valence-corrected chi connectivity index (χ2v) is 7.40. The molecule has 0 radical (unpaired) electrons. The number of piperidine rings is 3. The lowest BCUT2D eigenvalue weighted by Crippen LogP contribution is -2.57. The summed E-state index contributed by atoms with van der Waals surface area (Å²) in [5, 5.41) is 3.20. The maximum Gasteiger partial charge on any atom is 0.255 e. The second-order valence-electron chi connectivity index (χ2n) is 7.40. The number of para-hydroxylation sites is 1. The fourth-order valence-electron chi connectivity index (χ4n) is 4.22. The molecule has 6 rings (SSSR count). The topological polar surface area (TPSA) is 58.4 Å². The highest BCUT2D eigenvalue weighted by Crippen LogP contribution is 2.29. The minimum Gasteiger partial charge on any atom is -0.435 e. The van der Waals surface area contributed by atoms with Crippen LogP contribution in [0.1, 0.15) is 23.2 Å². The molecule has 6 heteroatoms. The molecule has 0 unspecified atom stereocenters. The van der Waals surface area contributed by atoms with E-state index in [9.17, 15) is 9.18 Å². The molecule has 3 aromatic rings. The van der Waals surface area contributed by atoms with E-state index >= 15 is 0 Å². The van der Waals surface area contributed by atoms with E-state index in [1.807, 2.05) is 12.1 Å². The zero-order valence-corrected chi connectivity index (χ0v) is 14.8.